The fraction of sp³-hybridized carbons (Fsp3) is 0.467. The Bertz CT molecular complexity index is 531. The Kier molecular flexibility index (Phi) is 6.54. The average Bonchev–Trinajstić information content (AvgIpc) is 2.55. The van der Waals surface area contributed by atoms with Crippen molar-refractivity contribution in [3.05, 3.63) is 23.8 Å². The number of benzene rings is 1. The minimum atomic E-state index is -0.0694. The summed E-state index contributed by atoms with van der Waals surface area (Å²) in [6.07, 6.45) is 1.57. The predicted octanol–water partition coefficient (Wildman–Crippen LogP) is -0.214. The Morgan fingerprint density at radius 2 is 2.14 bits per heavy atom. The van der Waals surface area contributed by atoms with Gasteiger partial charge < -0.3 is 14.4 Å². The lowest BCUT2D eigenvalue weighted by molar-refractivity contribution is -0.888. The van der Waals surface area contributed by atoms with Crippen molar-refractivity contribution in [2.75, 3.05) is 45.4 Å². The second-order valence-electron chi connectivity index (χ2n) is 4.94. The lowest BCUT2D eigenvalue weighted by Gasteiger charge is -2.21. The number of hydrogen-bond acceptors (Lipinski definition) is 5. The quantitative estimate of drug-likeness (QED) is 0.561. The molecular weight excluding hydrogens is 302 g/mol. The molecule has 6 nitrogen and oxygen atoms in total. The van der Waals surface area contributed by atoms with E-state index >= 15 is 0 Å². The lowest BCUT2D eigenvalue weighted by Crippen LogP contribution is -3.14. The standard InChI is InChI=1S/C15H21N3O3S/c1-20-13-3-4-14(21-2)12(9-13)10-16-17-15(19)11-18-5-7-22-8-6-18/h3-4,9-10H,5-8,11H2,1-2H3,(H,17,19)/p+1/b16-10-. The zero-order chi connectivity index (χ0) is 15.8. The maximum atomic E-state index is 11.9. The number of carbonyl (C=O) groups is 1. The molecule has 1 aromatic rings. The van der Waals surface area contributed by atoms with Gasteiger partial charge >= 0.3 is 0 Å². The van der Waals surface area contributed by atoms with E-state index in [-0.39, 0.29) is 5.91 Å². The number of quaternary nitrogens is 1. The van der Waals surface area contributed by atoms with Gasteiger partial charge in [0.05, 0.1) is 33.5 Å². The third-order valence-electron chi connectivity index (χ3n) is 3.44. The second-order valence-corrected chi connectivity index (χ2v) is 6.16. The Balaban J connectivity index is 1.89. The van der Waals surface area contributed by atoms with Crippen LogP contribution in [0.25, 0.3) is 0 Å². The number of rotatable bonds is 6. The van der Waals surface area contributed by atoms with Gasteiger partial charge in [-0.25, -0.2) is 5.43 Å². The van der Waals surface area contributed by atoms with Crippen molar-refractivity contribution in [3.8, 4) is 11.5 Å². The van der Waals surface area contributed by atoms with E-state index in [1.54, 1.807) is 26.5 Å². The Morgan fingerprint density at radius 3 is 2.82 bits per heavy atom. The summed E-state index contributed by atoms with van der Waals surface area (Å²) in [5.74, 6) is 3.56. The smallest absolute Gasteiger partial charge is 0.295 e. The van der Waals surface area contributed by atoms with Crippen molar-refractivity contribution < 1.29 is 19.2 Å². The van der Waals surface area contributed by atoms with Crippen LogP contribution in [0.15, 0.2) is 23.3 Å². The number of hydrazone groups is 1. The molecule has 1 aliphatic rings. The largest absolute Gasteiger partial charge is 0.497 e. The molecular formula is C15H22N3O3S+. The van der Waals surface area contributed by atoms with E-state index in [9.17, 15) is 4.79 Å². The first kappa shape index (κ1) is 16.6. The minimum Gasteiger partial charge on any atom is -0.497 e. The lowest BCUT2D eigenvalue weighted by atomic mass is 10.2. The molecule has 2 N–H and O–H groups in total. The van der Waals surface area contributed by atoms with E-state index in [0.29, 0.717) is 18.0 Å². The van der Waals surface area contributed by atoms with Crippen LogP contribution in [0.4, 0.5) is 0 Å². The summed E-state index contributed by atoms with van der Waals surface area (Å²) in [5.41, 5.74) is 3.33. The minimum absolute atomic E-state index is 0.0694. The number of ether oxygens (including phenoxy) is 2. The number of methoxy groups -OCH3 is 2. The first-order valence-corrected chi connectivity index (χ1v) is 8.33. The zero-order valence-corrected chi connectivity index (χ0v) is 13.7. The summed E-state index contributed by atoms with van der Waals surface area (Å²) in [4.78, 5) is 13.2. The van der Waals surface area contributed by atoms with Gasteiger partial charge in [0.25, 0.3) is 5.91 Å². The molecule has 1 amide bonds. The van der Waals surface area contributed by atoms with Crippen molar-refractivity contribution in [2.24, 2.45) is 5.10 Å². The van der Waals surface area contributed by atoms with Crippen molar-refractivity contribution in [1.82, 2.24) is 5.43 Å². The zero-order valence-electron chi connectivity index (χ0n) is 12.9. The average molecular weight is 324 g/mol. The predicted molar refractivity (Wildman–Crippen MR) is 88.2 cm³/mol. The highest BCUT2D eigenvalue weighted by Gasteiger charge is 2.17. The summed E-state index contributed by atoms with van der Waals surface area (Å²) < 4.78 is 10.4. The molecule has 0 spiro atoms. The first-order chi connectivity index (χ1) is 10.7. The van der Waals surface area contributed by atoms with Crippen LogP contribution in [0, 0.1) is 0 Å². The van der Waals surface area contributed by atoms with Crippen molar-refractivity contribution in [1.29, 1.82) is 0 Å². The van der Waals surface area contributed by atoms with Gasteiger partial charge in [0, 0.05) is 17.1 Å². The Morgan fingerprint density at radius 1 is 1.36 bits per heavy atom. The topological polar surface area (TPSA) is 64.4 Å². The molecule has 22 heavy (non-hydrogen) atoms. The van der Waals surface area contributed by atoms with Crippen LogP contribution >= 0.6 is 11.8 Å². The molecule has 0 unspecified atom stereocenters. The second kappa shape index (κ2) is 8.65. The highest BCUT2D eigenvalue weighted by Crippen LogP contribution is 2.22. The maximum Gasteiger partial charge on any atom is 0.295 e. The molecule has 120 valence electrons. The van der Waals surface area contributed by atoms with Crippen LogP contribution < -0.4 is 19.8 Å². The third-order valence-corrected chi connectivity index (χ3v) is 4.43. The van der Waals surface area contributed by atoms with E-state index < -0.39 is 0 Å². The van der Waals surface area contributed by atoms with Crippen LogP contribution in [0.2, 0.25) is 0 Å². The van der Waals surface area contributed by atoms with Crippen molar-refractivity contribution in [3.63, 3.8) is 0 Å². The SMILES string of the molecule is COc1ccc(OC)c(/C=N\NC(=O)C[NH+]2CCSCC2)c1. The van der Waals surface area contributed by atoms with Gasteiger partial charge in [0.1, 0.15) is 11.5 Å². The van der Waals surface area contributed by atoms with E-state index in [1.807, 2.05) is 23.9 Å². The van der Waals surface area contributed by atoms with Crippen LogP contribution in [0.5, 0.6) is 11.5 Å². The van der Waals surface area contributed by atoms with Gasteiger partial charge in [0.2, 0.25) is 0 Å². The fourth-order valence-corrected chi connectivity index (χ4v) is 3.29. The number of nitrogens with one attached hydrogen (secondary N) is 2. The molecule has 1 aliphatic heterocycles. The van der Waals surface area contributed by atoms with Crippen LogP contribution in [-0.2, 0) is 4.79 Å². The third kappa shape index (κ3) is 4.92. The van der Waals surface area contributed by atoms with Gasteiger partial charge in [0.15, 0.2) is 6.54 Å². The molecule has 0 atom stereocenters. The first-order valence-electron chi connectivity index (χ1n) is 7.18. The van der Waals surface area contributed by atoms with E-state index in [2.05, 4.69) is 10.5 Å². The molecule has 2 rings (SSSR count). The molecule has 0 saturated carbocycles. The van der Waals surface area contributed by atoms with Crippen molar-refractivity contribution in [2.45, 2.75) is 0 Å². The van der Waals surface area contributed by atoms with Gasteiger partial charge in [-0.05, 0) is 18.2 Å². The summed E-state index contributed by atoms with van der Waals surface area (Å²) >= 11 is 1.94. The summed E-state index contributed by atoms with van der Waals surface area (Å²) in [6, 6.07) is 5.42. The van der Waals surface area contributed by atoms with Gasteiger partial charge in [-0.15, -0.1) is 0 Å². The molecule has 1 heterocycles. The Labute approximate surface area is 134 Å². The van der Waals surface area contributed by atoms with Crippen LogP contribution in [0.3, 0.4) is 0 Å². The number of carbonyl (C=O) groups excluding carboxylic acids is 1. The van der Waals surface area contributed by atoms with Crippen LogP contribution in [0.1, 0.15) is 5.56 Å². The molecule has 0 bridgehead atoms. The summed E-state index contributed by atoms with van der Waals surface area (Å²) in [7, 11) is 3.19. The van der Waals surface area contributed by atoms with Gasteiger partial charge in [-0.3, -0.25) is 4.79 Å². The van der Waals surface area contributed by atoms with E-state index in [0.717, 1.165) is 30.2 Å². The maximum absolute atomic E-state index is 11.9. The number of thioether (sulfide) groups is 1. The fourth-order valence-electron chi connectivity index (χ4n) is 2.22. The molecule has 1 saturated heterocycles. The Hall–Kier alpha value is -1.73. The molecule has 1 aromatic carbocycles. The number of hydrogen-bond donors (Lipinski definition) is 2. The molecule has 0 radical (unpaired) electrons. The van der Waals surface area contributed by atoms with E-state index in [1.165, 1.54) is 4.90 Å². The molecule has 7 heteroatoms. The van der Waals surface area contributed by atoms with Crippen LogP contribution in [-0.4, -0.2) is 57.5 Å². The number of nitrogens with zero attached hydrogens (tertiary/aromatic N) is 1. The highest BCUT2D eigenvalue weighted by molar-refractivity contribution is 7.99. The summed E-state index contributed by atoms with van der Waals surface area (Å²) in [6.45, 7) is 2.53. The molecule has 0 aliphatic carbocycles. The highest BCUT2D eigenvalue weighted by atomic mass is 32.2. The monoisotopic (exact) mass is 324 g/mol. The van der Waals surface area contributed by atoms with Crippen molar-refractivity contribution >= 4 is 23.9 Å². The summed E-state index contributed by atoms with van der Waals surface area (Å²) in [5, 5.41) is 4.01. The van der Waals surface area contributed by atoms with E-state index in [4.69, 9.17) is 9.47 Å². The van der Waals surface area contributed by atoms with Gasteiger partial charge in [-0.1, -0.05) is 0 Å². The molecule has 0 aromatic heterocycles. The van der Waals surface area contributed by atoms with Gasteiger partial charge in [-0.2, -0.15) is 16.9 Å². The number of amides is 1. The molecule has 1 fully saturated rings. The normalized spacial score (nSPS) is 15.7.